The molecule has 0 aliphatic carbocycles. The SMILES string of the molecule is COc1cccc(Oc2cnn(C)c(=O)c2Nc2ccc(C(=O)NCCN3CCOCC3)cc2)c1. The summed E-state index contributed by atoms with van der Waals surface area (Å²) in [4.78, 5) is 27.5. The summed E-state index contributed by atoms with van der Waals surface area (Å²) in [6, 6.07) is 14.0. The Bertz CT molecular complexity index is 1210. The van der Waals surface area contributed by atoms with E-state index in [1.54, 1.807) is 62.7 Å². The molecule has 10 heteroatoms. The first-order chi connectivity index (χ1) is 17.0. The minimum absolute atomic E-state index is 0.147. The summed E-state index contributed by atoms with van der Waals surface area (Å²) in [5.74, 6) is 1.26. The summed E-state index contributed by atoms with van der Waals surface area (Å²) in [7, 11) is 3.13. The molecule has 1 aliphatic rings. The van der Waals surface area contributed by atoms with Gasteiger partial charge in [-0.15, -0.1) is 0 Å². The van der Waals surface area contributed by atoms with E-state index in [0.29, 0.717) is 29.3 Å². The van der Waals surface area contributed by atoms with Crippen molar-refractivity contribution in [1.82, 2.24) is 20.0 Å². The van der Waals surface area contributed by atoms with Crippen molar-refractivity contribution in [2.75, 3.05) is 51.8 Å². The smallest absolute Gasteiger partial charge is 0.294 e. The van der Waals surface area contributed by atoms with Gasteiger partial charge in [0.05, 0.1) is 26.5 Å². The quantitative estimate of drug-likeness (QED) is 0.482. The lowest BCUT2D eigenvalue weighted by atomic mass is 10.2. The molecule has 0 saturated carbocycles. The molecule has 1 aliphatic heterocycles. The molecule has 35 heavy (non-hydrogen) atoms. The first-order valence-electron chi connectivity index (χ1n) is 11.4. The van der Waals surface area contributed by atoms with Gasteiger partial charge in [-0.25, -0.2) is 4.68 Å². The fourth-order valence-electron chi connectivity index (χ4n) is 3.61. The van der Waals surface area contributed by atoms with Gasteiger partial charge in [0.15, 0.2) is 11.4 Å². The van der Waals surface area contributed by atoms with Crippen molar-refractivity contribution in [3.63, 3.8) is 0 Å². The minimum Gasteiger partial charge on any atom is -0.497 e. The lowest BCUT2D eigenvalue weighted by molar-refractivity contribution is 0.0383. The van der Waals surface area contributed by atoms with Crippen molar-refractivity contribution >= 4 is 17.3 Å². The van der Waals surface area contributed by atoms with Crippen LogP contribution in [0.1, 0.15) is 10.4 Å². The van der Waals surface area contributed by atoms with E-state index in [1.807, 2.05) is 0 Å². The normalized spacial score (nSPS) is 13.8. The van der Waals surface area contributed by atoms with Crippen LogP contribution in [-0.4, -0.2) is 67.1 Å². The number of anilines is 2. The number of hydrogen-bond acceptors (Lipinski definition) is 8. The topological polar surface area (TPSA) is 107 Å². The molecule has 0 spiro atoms. The molecule has 1 aromatic heterocycles. The lowest BCUT2D eigenvalue weighted by Crippen LogP contribution is -2.41. The van der Waals surface area contributed by atoms with E-state index in [4.69, 9.17) is 14.2 Å². The predicted octanol–water partition coefficient (Wildman–Crippen LogP) is 2.39. The van der Waals surface area contributed by atoms with Crippen molar-refractivity contribution in [3.8, 4) is 17.2 Å². The zero-order valence-electron chi connectivity index (χ0n) is 19.8. The van der Waals surface area contributed by atoms with Gasteiger partial charge in [-0.05, 0) is 36.4 Å². The van der Waals surface area contributed by atoms with Crippen LogP contribution in [0, 0.1) is 0 Å². The molecule has 4 rings (SSSR count). The van der Waals surface area contributed by atoms with E-state index in [9.17, 15) is 9.59 Å². The Hall–Kier alpha value is -3.89. The number of ether oxygens (including phenoxy) is 3. The highest BCUT2D eigenvalue weighted by Gasteiger charge is 2.14. The second-order valence-electron chi connectivity index (χ2n) is 8.01. The van der Waals surface area contributed by atoms with Gasteiger partial charge in [0, 0.05) is 50.5 Å². The van der Waals surface area contributed by atoms with E-state index in [1.165, 1.54) is 10.9 Å². The van der Waals surface area contributed by atoms with Crippen LogP contribution in [0.15, 0.2) is 59.5 Å². The second-order valence-corrected chi connectivity index (χ2v) is 8.01. The first kappa shape index (κ1) is 24.2. The first-order valence-corrected chi connectivity index (χ1v) is 11.4. The summed E-state index contributed by atoms with van der Waals surface area (Å²) in [6.07, 6.45) is 1.47. The molecule has 2 heterocycles. The Labute approximate surface area is 203 Å². The molecule has 2 aromatic carbocycles. The average molecular weight is 480 g/mol. The summed E-state index contributed by atoms with van der Waals surface area (Å²) < 4.78 is 17.7. The van der Waals surface area contributed by atoms with Gasteiger partial charge in [-0.1, -0.05) is 6.07 Å². The summed E-state index contributed by atoms with van der Waals surface area (Å²) in [6.45, 7) is 4.58. The Morgan fingerprint density at radius 3 is 2.60 bits per heavy atom. The number of nitrogens with zero attached hydrogens (tertiary/aromatic N) is 3. The van der Waals surface area contributed by atoms with E-state index in [0.717, 1.165) is 32.8 Å². The molecule has 0 atom stereocenters. The molecule has 1 amide bonds. The molecular formula is C25H29N5O5. The third kappa shape index (κ3) is 6.37. The summed E-state index contributed by atoms with van der Waals surface area (Å²) in [5, 5.41) is 10.1. The molecule has 1 fully saturated rings. The molecule has 0 bridgehead atoms. The Morgan fingerprint density at radius 2 is 1.86 bits per heavy atom. The third-order valence-electron chi connectivity index (χ3n) is 5.61. The number of morpholine rings is 1. The zero-order chi connectivity index (χ0) is 24.6. The van der Waals surface area contributed by atoms with Crippen molar-refractivity contribution in [2.45, 2.75) is 0 Å². The Morgan fingerprint density at radius 1 is 1.11 bits per heavy atom. The van der Waals surface area contributed by atoms with Gasteiger partial charge in [-0.2, -0.15) is 5.10 Å². The number of benzene rings is 2. The monoisotopic (exact) mass is 479 g/mol. The van der Waals surface area contributed by atoms with Gasteiger partial charge in [0.25, 0.3) is 11.5 Å². The number of amides is 1. The van der Waals surface area contributed by atoms with E-state index in [-0.39, 0.29) is 22.9 Å². The van der Waals surface area contributed by atoms with Crippen molar-refractivity contribution in [3.05, 3.63) is 70.6 Å². The molecule has 0 unspecified atom stereocenters. The summed E-state index contributed by atoms with van der Waals surface area (Å²) >= 11 is 0. The fourth-order valence-corrected chi connectivity index (χ4v) is 3.61. The van der Waals surface area contributed by atoms with Crippen molar-refractivity contribution < 1.29 is 19.0 Å². The van der Waals surface area contributed by atoms with Crippen molar-refractivity contribution in [1.29, 1.82) is 0 Å². The molecule has 184 valence electrons. The van der Waals surface area contributed by atoms with Crippen LogP contribution in [0.4, 0.5) is 11.4 Å². The number of aryl methyl sites for hydroxylation is 1. The van der Waals surface area contributed by atoms with E-state index < -0.39 is 0 Å². The number of methoxy groups -OCH3 is 1. The van der Waals surface area contributed by atoms with Crippen LogP contribution in [0.25, 0.3) is 0 Å². The standard InChI is InChI=1S/C25H29N5O5/c1-29-25(32)23(22(17-27-29)35-21-5-3-4-20(16-21)33-2)28-19-8-6-18(7-9-19)24(31)26-10-11-30-12-14-34-15-13-30/h3-9,16-17,28H,10-15H2,1-2H3,(H,26,31). The Balaban J connectivity index is 1.42. The maximum atomic E-state index is 12.8. The number of rotatable bonds is 9. The average Bonchev–Trinajstić information content (AvgIpc) is 2.89. The number of nitrogens with one attached hydrogen (secondary N) is 2. The van der Waals surface area contributed by atoms with Crippen LogP contribution in [-0.2, 0) is 11.8 Å². The lowest BCUT2D eigenvalue weighted by Gasteiger charge is -2.26. The van der Waals surface area contributed by atoms with Crippen LogP contribution < -0.4 is 25.7 Å². The number of aromatic nitrogens is 2. The molecule has 10 nitrogen and oxygen atoms in total. The van der Waals surface area contributed by atoms with Gasteiger partial charge in [0.2, 0.25) is 0 Å². The van der Waals surface area contributed by atoms with Crippen LogP contribution in [0.3, 0.4) is 0 Å². The number of carbonyl (C=O) groups is 1. The van der Waals surface area contributed by atoms with Gasteiger partial charge in [-0.3, -0.25) is 14.5 Å². The number of carbonyl (C=O) groups excluding carboxylic acids is 1. The van der Waals surface area contributed by atoms with Crippen LogP contribution >= 0.6 is 0 Å². The van der Waals surface area contributed by atoms with Crippen molar-refractivity contribution in [2.24, 2.45) is 7.05 Å². The maximum absolute atomic E-state index is 12.8. The number of hydrogen-bond donors (Lipinski definition) is 2. The largest absolute Gasteiger partial charge is 0.497 e. The van der Waals surface area contributed by atoms with Crippen LogP contribution in [0.2, 0.25) is 0 Å². The van der Waals surface area contributed by atoms with Gasteiger partial charge >= 0.3 is 0 Å². The van der Waals surface area contributed by atoms with Gasteiger partial charge < -0.3 is 24.8 Å². The fraction of sp³-hybridized carbons (Fsp3) is 0.320. The minimum atomic E-state index is -0.352. The predicted molar refractivity (Wildman–Crippen MR) is 132 cm³/mol. The highest BCUT2D eigenvalue weighted by atomic mass is 16.5. The molecular weight excluding hydrogens is 450 g/mol. The van der Waals surface area contributed by atoms with Gasteiger partial charge in [0.1, 0.15) is 11.5 Å². The third-order valence-corrected chi connectivity index (χ3v) is 5.61. The molecule has 3 aromatic rings. The molecule has 2 N–H and O–H groups in total. The molecule has 0 radical (unpaired) electrons. The second kappa shape index (κ2) is 11.5. The zero-order valence-corrected chi connectivity index (χ0v) is 19.8. The van der Waals surface area contributed by atoms with E-state index >= 15 is 0 Å². The molecule has 1 saturated heterocycles. The summed E-state index contributed by atoms with van der Waals surface area (Å²) in [5.41, 5.74) is 1.05. The highest BCUT2D eigenvalue weighted by molar-refractivity contribution is 5.94. The highest BCUT2D eigenvalue weighted by Crippen LogP contribution is 2.30. The van der Waals surface area contributed by atoms with E-state index in [2.05, 4.69) is 20.6 Å². The Kier molecular flexibility index (Phi) is 7.96. The maximum Gasteiger partial charge on any atom is 0.294 e. The van der Waals surface area contributed by atoms with Crippen LogP contribution in [0.5, 0.6) is 17.2 Å².